The molecule has 0 bridgehead atoms. The average Bonchev–Trinajstić information content (AvgIpc) is 3.21. The number of hydrogen-bond donors (Lipinski definition) is 7. The van der Waals surface area contributed by atoms with Gasteiger partial charge in [0.1, 0.15) is 24.6 Å². The van der Waals surface area contributed by atoms with Crippen LogP contribution < -0.4 is 16.8 Å². The van der Waals surface area contributed by atoms with Crippen LogP contribution in [0.1, 0.15) is 31.9 Å². The molecule has 14 nitrogen and oxygen atoms in total. The third-order valence-electron chi connectivity index (χ3n) is 4.92. The summed E-state index contributed by atoms with van der Waals surface area (Å²) < 4.78 is 22.5. The number of phosphoric acid groups is 1. The number of nitrogens with one attached hydrogen (secondary N) is 1. The van der Waals surface area contributed by atoms with Gasteiger partial charge < -0.3 is 41.5 Å². The van der Waals surface area contributed by atoms with Gasteiger partial charge in [-0.2, -0.15) is 0 Å². The maximum absolute atomic E-state index is 11.0. The molecule has 0 unspecified atom stereocenters. The zero-order chi connectivity index (χ0) is 22.6. The number of aliphatic hydroxyl groups is 2. The van der Waals surface area contributed by atoms with Crippen LogP contribution in [0.3, 0.4) is 0 Å². The van der Waals surface area contributed by atoms with Crippen LogP contribution in [0, 0.1) is 0 Å². The molecule has 0 radical (unpaired) electrons. The Kier molecular flexibility index (Phi) is 9.86. The topological polar surface area (TPSA) is 224 Å². The molecule has 2 aromatic heterocycles. The van der Waals surface area contributed by atoms with Crippen molar-refractivity contribution >= 4 is 49.6 Å². The Balaban J connectivity index is 0.00000363. The van der Waals surface area contributed by atoms with Gasteiger partial charge >= 0.3 is 26.7 Å². The summed E-state index contributed by atoms with van der Waals surface area (Å²) in [6.45, 7) is 0.595. The molecular formula is C16H29LiN7O7P. The number of hydrogen-bond acceptors (Lipinski definition) is 11. The number of fused-ring (bicyclic) bond motifs is 1. The number of phosphoric ester groups is 1. The predicted octanol–water partition coefficient (Wildman–Crippen LogP) is -1.58. The Labute approximate surface area is 196 Å². The van der Waals surface area contributed by atoms with Gasteiger partial charge in [-0.15, -0.1) is 0 Å². The van der Waals surface area contributed by atoms with Gasteiger partial charge in [0.2, 0.25) is 5.95 Å². The van der Waals surface area contributed by atoms with E-state index in [0.29, 0.717) is 19.0 Å². The van der Waals surface area contributed by atoms with Gasteiger partial charge in [0, 0.05) is 6.54 Å². The molecule has 1 aliphatic rings. The van der Waals surface area contributed by atoms with Crippen molar-refractivity contribution in [1.29, 1.82) is 0 Å². The summed E-state index contributed by atoms with van der Waals surface area (Å²) in [6, 6.07) is 0. The first-order valence-electron chi connectivity index (χ1n) is 9.87. The molecule has 0 aliphatic carbocycles. The van der Waals surface area contributed by atoms with Crippen LogP contribution in [0.2, 0.25) is 0 Å². The molecule has 1 fully saturated rings. The molecule has 1 saturated heterocycles. The van der Waals surface area contributed by atoms with Crippen molar-refractivity contribution in [3.05, 3.63) is 6.33 Å². The van der Waals surface area contributed by atoms with Gasteiger partial charge in [-0.1, -0.05) is 12.8 Å². The SMILES string of the molecule is NCCCCCCNc1nc2c(N)ncnc2n1[C@@H]1O[C@H](COP(=O)(O)O)[C@@H](O)[C@H]1O.[LiH]. The van der Waals surface area contributed by atoms with E-state index in [1.54, 1.807) is 0 Å². The van der Waals surface area contributed by atoms with Gasteiger partial charge in [-0.25, -0.2) is 19.5 Å². The molecule has 9 N–H and O–H groups in total. The molecule has 3 heterocycles. The Hall–Kier alpha value is -1.30. The molecule has 16 heteroatoms. The number of ether oxygens (including phenoxy) is 1. The first-order valence-corrected chi connectivity index (χ1v) is 11.4. The number of nitrogen functional groups attached to an aromatic ring is 1. The average molecular weight is 469 g/mol. The van der Waals surface area contributed by atoms with E-state index >= 15 is 0 Å². The summed E-state index contributed by atoms with van der Waals surface area (Å²) >= 11 is 0. The number of imidazole rings is 1. The van der Waals surface area contributed by atoms with Crippen LogP contribution in [-0.4, -0.2) is 96.4 Å². The van der Waals surface area contributed by atoms with Gasteiger partial charge in [0.25, 0.3) is 0 Å². The van der Waals surface area contributed by atoms with Crippen molar-refractivity contribution in [2.24, 2.45) is 5.73 Å². The number of nitrogens with two attached hydrogens (primary N) is 2. The van der Waals surface area contributed by atoms with Gasteiger partial charge in [0.15, 0.2) is 23.2 Å². The number of aromatic nitrogens is 4. The van der Waals surface area contributed by atoms with Gasteiger partial charge in [-0.3, -0.25) is 9.09 Å². The van der Waals surface area contributed by atoms with E-state index in [1.165, 1.54) is 10.9 Å². The number of rotatable bonds is 11. The van der Waals surface area contributed by atoms with E-state index in [0.717, 1.165) is 25.7 Å². The molecule has 4 atom stereocenters. The third-order valence-corrected chi connectivity index (χ3v) is 5.40. The fourth-order valence-corrected chi connectivity index (χ4v) is 3.71. The number of aliphatic hydroxyl groups excluding tert-OH is 2. The van der Waals surface area contributed by atoms with E-state index in [1.807, 2.05) is 0 Å². The Morgan fingerprint density at radius 2 is 1.91 bits per heavy atom. The molecular weight excluding hydrogens is 440 g/mol. The van der Waals surface area contributed by atoms with E-state index in [-0.39, 0.29) is 35.8 Å². The van der Waals surface area contributed by atoms with Crippen molar-refractivity contribution in [2.75, 3.05) is 30.7 Å². The van der Waals surface area contributed by atoms with Crippen molar-refractivity contribution in [1.82, 2.24) is 19.5 Å². The molecule has 0 aromatic carbocycles. The summed E-state index contributed by atoms with van der Waals surface area (Å²) in [4.78, 5) is 30.3. The zero-order valence-electron chi connectivity index (χ0n) is 16.7. The fraction of sp³-hybridized carbons (Fsp3) is 0.688. The van der Waals surface area contributed by atoms with Gasteiger partial charge in [0.05, 0.1) is 6.61 Å². The second-order valence-corrected chi connectivity index (χ2v) is 8.44. The van der Waals surface area contributed by atoms with E-state index < -0.39 is 39.0 Å². The van der Waals surface area contributed by atoms with Crippen LogP contribution in [-0.2, 0) is 13.8 Å². The van der Waals surface area contributed by atoms with Crippen LogP contribution >= 0.6 is 7.82 Å². The Morgan fingerprint density at radius 1 is 1.19 bits per heavy atom. The zero-order valence-corrected chi connectivity index (χ0v) is 17.6. The van der Waals surface area contributed by atoms with E-state index in [4.69, 9.17) is 26.0 Å². The predicted molar refractivity (Wildman–Crippen MR) is 117 cm³/mol. The number of anilines is 2. The van der Waals surface area contributed by atoms with Crippen LogP contribution in [0.4, 0.5) is 11.8 Å². The van der Waals surface area contributed by atoms with Crippen molar-refractivity contribution in [3.63, 3.8) is 0 Å². The molecule has 32 heavy (non-hydrogen) atoms. The summed E-state index contributed by atoms with van der Waals surface area (Å²) in [5, 5.41) is 24.0. The minimum atomic E-state index is -4.78. The van der Waals surface area contributed by atoms with Crippen molar-refractivity contribution in [2.45, 2.75) is 50.2 Å². The van der Waals surface area contributed by atoms with E-state index in [2.05, 4.69) is 24.8 Å². The van der Waals surface area contributed by atoms with Crippen molar-refractivity contribution in [3.8, 4) is 0 Å². The quantitative estimate of drug-likeness (QED) is 0.112. The summed E-state index contributed by atoms with van der Waals surface area (Å²) in [5.41, 5.74) is 12.0. The summed E-state index contributed by atoms with van der Waals surface area (Å²) in [7, 11) is -4.78. The monoisotopic (exact) mass is 469 g/mol. The van der Waals surface area contributed by atoms with Crippen LogP contribution in [0.5, 0.6) is 0 Å². The molecule has 3 rings (SSSR count). The number of unbranched alkanes of at least 4 members (excludes halogenated alkanes) is 3. The fourth-order valence-electron chi connectivity index (χ4n) is 3.37. The maximum atomic E-state index is 11.0. The normalized spacial score (nSPS) is 23.4. The second kappa shape index (κ2) is 11.7. The first-order chi connectivity index (χ1) is 14.7. The summed E-state index contributed by atoms with van der Waals surface area (Å²) in [6.07, 6.45) is -0.240. The Morgan fingerprint density at radius 3 is 2.59 bits per heavy atom. The third kappa shape index (κ3) is 6.39. The summed E-state index contributed by atoms with van der Waals surface area (Å²) in [5.74, 6) is 0.429. The van der Waals surface area contributed by atoms with Crippen LogP contribution in [0.15, 0.2) is 6.33 Å². The minimum absolute atomic E-state index is 0. The molecule has 1 aliphatic heterocycles. The molecule has 0 spiro atoms. The molecule has 2 aromatic rings. The molecule has 176 valence electrons. The molecule has 0 amide bonds. The number of nitrogens with zero attached hydrogens (tertiary/aromatic N) is 4. The Bertz CT molecular complexity index is 930. The van der Waals surface area contributed by atoms with E-state index in [9.17, 15) is 14.8 Å². The first kappa shape index (κ1) is 26.9. The molecule has 0 saturated carbocycles. The van der Waals surface area contributed by atoms with Crippen LogP contribution in [0.25, 0.3) is 11.2 Å². The van der Waals surface area contributed by atoms with Crippen molar-refractivity contribution < 1.29 is 33.8 Å². The standard InChI is InChI=1S/C16H28N7O7P.Li.H/c17-5-3-1-2-4-6-19-16-22-10-13(18)20-8-21-14(10)23(16)15-12(25)11(24)9(30-15)7-29-31(26,27)28;;/h8-9,11-12,15,24-25H,1-7,17H2,(H,19,22)(H2,18,20,21)(H2,26,27,28);;/t9-,11-,12-,15-;;/m1../s1. The van der Waals surface area contributed by atoms with Gasteiger partial charge in [-0.05, 0) is 19.4 Å². The second-order valence-electron chi connectivity index (χ2n) is 7.20.